The highest BCUT2D eigenvalue weighted by molar-refractivity contribution is 5.98. The van der Waals surface area contributed by atoms with Gasteiger partial charge in [0.05, 0.1) is 0 Å². The van der Waals surface area contributed by atoms with Gasteiger partial charge in [-0.25, -0.2) is 0 Å². The molecule has 0 aliphatic rings. The van der Waals surface area contributed by atoms with E-state index < -0.39 is 0 Å². The van der Waals surface area contributed by atoms with E-state index >= 15 is 0 Å². The molecular formula is C15H21N3O2. The van der Waals surface area contributed by atoms with Crippen LogP contribution in [0.2, 0.25) is 0 Å². The predicted octanol–water partition coefficient (Wildman–Crippen LogP) is 1.92. The smallest absolute Gasteiger partial charge is 0.269 e. The summed E-state index contributed by atoms with van der Waals surface area (Å²) in [5, 5.41) is 5.45. The molecule has 1 rings (SSSR count). The van der Waals surface area contributed by atoms with Gasteiger partial charge in [0.1, 0.15) is 5.69 Å². The molecule has 0 aliphatic heterocycles. The average molecular weight is 275 g/mol. The first kappa shape index (κ1) is 15.9. The van der Waals surface area contributed by atoms with E-state index in [1.165, 1.54) is 12.3 Å². The number of hydrogen-bond donors (Lipinski definition) is 2. The largest absolute Gasteiger partial charge is 0.351 e. The average Bonchev–Trinajstić information content (AvgIpc) is 2.49. The van der Waals surface area contributed by atoms with E-state index in [9.17, 15) is 9.59 Å². The molecule has 5 nitrogen and oxygen atoms in total. The molecule has 5 heteroatoms. The van der Waals surface area contributed by atoms with Gasteiger partial charge in [-0.3, -0.25) is 14.6 Å². The molecule has 0 radical (unpaired) electrons. The quantitative estimate of drug-likeness (QED) is 0.562. The second-order valence-corrected chi connectivity index (χ2v) is 4.39. The summed E-state index contributed by atoms with van der Waals surface area (Å²) >= 11 is 0. The van der Waals surface area contributed by atoms with E-state index in [2.05, 4.69) is 29.1 Å². The van der Waals surface area contributed by atoms with Crippen molar-refractivity contribution in [2.75, 3.05) is 13.1 Å². The Labute approximate surface area is 119 Å². The highest BCUT2D eigenvalue weighted by Gasteiger charge is 2.10. The van der Waals surface area contributed by atoms with Gasteiger partial charge in [0.2, 0.25) is 0 Å². The minimum Gasteiger partial charge on any atom is -0.351 e. The normalized spacial score (nSPS) is 9.85. The Hall–Kier alpha value is -2.17. The summed E-state index contributed by atoms with van der Waals surface area (Å²) in [4.78, 5) is 27.6. The van der Waals surface area contributed by atoms with Crippen LogP contribution in [0.3, 0.4) is 0 Å². The molecule has 2 amide bonds. The molecule has 1 aromatic rings. The van der Waals surface area contributed by atoms with Crippen LogP contribution in [0, 0.1) is 0 Å². The van der Waals surface area contributed by atoms with Crippen molar-refractivity contribution in [3.8, 4) is 0 Å². The fourth-order valence-corrected chi connectivity index (χ4v) is 1.63. The second kappa shape index (κ2) is 8.85. The standard InChI is InChI=1S/C15H21N3O2/c1-3-5-6-9-18-15(20)13-11-12(7-10-16-13)14(19)17-8-4-2/h4,7,10-11H,2-3,5-6,8-9H2,1H3,(H,17,19)(H,18,20). The topological polar surface area (TPSA) is 71.1 Å². The third-order valence-electron chi connectivity index (χ3n) is 2.73. The molecule has 1 heterocycles. The molecule has 0 spiro atoms. The van der Waals surface area contributed by atoms with Crippen molar-refractivity contribution in [3.63, 3.8) is 0 Å². The first-order chi connectivity index (χ1) is 9.69. The summed E-state index contributed by atoms with van der Waals surface area (Å²) in [6.07, 6.45) is 6.19. The van der Waals surface area contributed by atoms with Crippen molar-refractivity contribution in [1.82, 2.24) is 15.6 Å². The molecule has 0 unspecified atom stereocenters. The lowest BCUT2D eigenvalue weighted by Gasteiger charge is -2.06. The summed E-state index contributed by atoms with van der Waals surface area (Å²) < 4.78 is 0. The lowest BCUT2D eigenvalue weighted by Crippen LogP contribution is -2.27. The maximum Gasteiger partial charge on any atom is 0.269 e. The molecule has 0 saturated carbocycles. The first-order valence-electron chi connectivity index (χ1n) is 6.82. The van der Waals surface area contributed by atoms with E-state index in [0.29, 0.717) is 18.7 Å². The number of amides is 2. The first-order valence-corrected chi connectivity index (χ1v) is 6.82. The third-order valence-corrected chi connectivity index (χ3v) is 2.73. The Balaban J connectivity index is 2.60. The highest BCUT2D eigenvalue weighted by atomic mass is 16.2. The Morgan fingerprint density at radius 3 is 2.80 bits per heavy atom. The number of nitrogens with one attached hydrogen (secondary N) is 2. The highest BCUT2D eigenvalue weighted by Crippen LogP contribution is 2.02. The Bertz CT molecular complexity index is 472. The summed E-state index contributed by atoms with van der Waals surface area (Å²) in [5.41, 5.74) is 0.674. The fourth-order valence-electron chi connectivity index (χ4n) is 1.63. The SMILES string of the molecule is C=CCNC(=O)c1ccnc(C(=O)NCCCCC)c1. The fraction of sp³-hybridized carbons (Fsp3) is 0.400. The van der Waals surface area contributed by atoms with Crippen LogP contribution in [0.15, 0.2) is 31.0 Å². The van der Waals surface area contributed by atoms with Gasteiger partial charge < -0.3 is 10.6 Å². The Morgan fingerprint density at radius 1 is 1.30 bits per heavy atom. The van der Waals surface area contributed by atoms with Crippen LogP contribution in [0.4, 0.5) is 0 Å². The molecule has 2 N–H and O–H groups in total. The number of carbonyl (C=O) groups is 2. The van der Waals surface area contributed by atoms with Gasteiger partial charge >= 0.3 is 0 Å². The maximum absolute atomic E-state index is 11.9. The molecule has 20 heavy (non-hydrogen) atoms. The molecule has 0 atom stereocenters. The van der Waals surface area contributed by atoms with E-state index in [0.717, 1.165) is 19.3 Å². The van der Waals surface area contributed by atoms with Crippen molar-refractivity contribution < 1.29 is 9.59 Å². The lowest BCUT2D eigenvalue weighted by molar-refractivity contribution is 0.0948. The number of pyridine rings is 1. The van der Waals surface area contributed by atoms with Crippen LogP contribution >= 0.6 is 0 Å². The minimum atomic E-state index is -0.250. The molecule has 0 aliphatic carbocycles. The van der Waals surface area contributed by atoms with Crippen LogP contribution in [0.25, 0.3) is 0 Å². The van der Waals surface area contributed by atoms with Crippen molar-refractivity contribution in [2.45, 2.75) is 26.2 Å². The van der Waals surface area contributed by atoms with Gasteiger partial charge in [-0.2, -0.15) is 0 Å². The van der Waals surface area contributed by atoms with Gasteiger partial charge in [0.25, 0.3) is 11.8 Å². The van der Waals surface area contributed by atoms with E-state index in [1.54, 1.807) is 12.1 Å². The van der Waals surface area contributed by atoms with Gasteiger partial charge in [0.15, 0.2) is 0 Å². The zero-order chi connectivity index (χ0) is 14.8. The van der Waals surface area contributed by atoms with Gasteiger partial charge in [0, 0.05) is 24.8 Å². The zero-order valence-electron chi connectivity index (χ0n) is 11.8. The number of hydrogen-bond acceptors (Lipinski definition) is 3. The van der Waals surface area contributed by atoms with Crippen molar-refractivity contribution in [1.29, 1.82) is 0 Å². The van der Waals surface area contributed by atoms with Crippen LogP contribution in [-0.2, 0) is 0 Å². The van der Waals surface area contributed by atoms with Gasteiger partial charge in [-0.15, -0.1) is 6.58 Å². The molecule has 1 aromatic heterocycles. The summed E-state index contributed by atoms with van der Waals surface area (Å²) in [6.45, 7) is 6.65. The van der Waals surface area contributed by atoms with Crippen molar-refractivity contribution >= 4 is 11.8 Å². The molecular weight excluding hydrogens is 254 g/mol. The molecule has 0 fully saturated rings. The predicted molar refractivity (Wildman–Crippen MR) is 78.6 cm³/mol. The van der Waals surface area contributed by atoms with Crippen LogP contribution in [-0.4, -0.2) is 29.9 Å². The number of nitrogens with zero attached hydrogens (tertiary/aromatic N) is 1. The van der Waals surface area contributed by atoms with Crippen LogP contribution in [0.1, 0.15) is 47.0 Å². The molecule has 0 saturated heterocycles. The molecule has 0 bridgehead atoms. The number of aromatic nitrogens is 1. The number of rotatable bonds is 8. The molecule has 0 aromatic carbocycles. The van der Waals surface area contributed by atoms with Crippen molar-refractivity contribution in [3.05, 3.63) is 42.2 Å². The molecule has 108 valence electrons. The van der Waals surface area contributed by atoms with Crippen LogP contribution in [0.5, 0.6) is 0 Å². The van der Waals surface area contributed by atoms with E-state index in [-0.39, 0.29) is 17.5 Å². The summed E-state index contributed by atoms with van der Waals surface area (Å²) in [6, 6.07) is 3.07. The zero-order valence-corrected chi connectivity index (χ0v) is 11.8. The Kier molecular flexibility index (Phi) is 7.03. The van der Waals surface area contributed by atoms with Crippen molar-refractivity contribution in [2.24, 2.45) is 0 Å². The van der Waals surface area contributed by atoms with E-state index in [1.807, 2.05) is 0 Å². The summed E-state index contributed by atoms with van der Waals surface area (Å²) in [7, 11) is 0. The van der Waals surface area contributed by atoms with Crippen LogP contribution < -0.4 is 10.6 Å². The van der Waals surface area contributed by atoms with E-state index in [4.69, 9.17) is 0 Å². The third kappa shape index (κ3) is 5.22. The van der Waals surface area contributed by atoms with Gasteiger partial charge in [-0.1, -0.05) is 25.8 Å². The number of carbonyl (C=O) groups excluding carboxylic acids is 2. The van der Waals surface area contributed by atoms with Gasteiger partial charge in [-0.05, 0) is 18.6 Å². The monoisotopic (exact) mass is 275 g/mol. The second-order valence-electron chi connectivity index (χ2n) is 4.39. The lowest BCUT2D eigenvalue weighted by atomic mass is 10.2. The Morgan fingerprint density at radius 2 is 2.10 bits per heavy atom. The minimum absolute atomic E-state index is 0.243. The maximum atomic E-state index is 11.9. The number of unbranched alkanes of at least 4 members (excludes halogenated alkanes) is 2. The summed E-state index contributed by atoms with van der Waals surface area (Å²) in [5.74, 6) is -0.494.